The summed E-state index contributed by atoms with van der Waals surface area (Å²) in [5.41, 5.74) is 1.10. The summed E-state index contributed by atoms with van der Waals surface area (Å²) in [5.74, 6) is 0.0656. The Morgan fingerprint density at radius 3 is 2.80 bits per heavy atom. The predicted octanol–water partition coefficient (Wildman–Crippen LogP) is 0.566. The third-order valence-electron chi connectivity index (χ3n) is 2.67. The molecule has 1 aromatic rings. The molecule has 0 spiro atoms. The van der Waals surface area contributed by atoms with Crippen LogP contribution in [0.3, 0.4) is 0 Å². The molecule has 1 aromatic heterocycles. The van der Waals surface area contributed by atoms with Crippen LogP contribution in [0.15, 0.2) is 16.9 Å². The maximum atomic E-state index is 11.5. The third kappa shape index (κ3) is 1.63. The fraction of sp³-hybridized carbons (Fsp3) is 0.364. The molecule has 0 radical (unpaired) electrons. The number of nitrogens with zero attached hydrogens (tertiary/aromatic N) is 1. The predicted molar refractivity (Wildman–Crippen MR) is 54.0 cm³/mol. The summed E-state index contributed by atoms with van der Waals surface area (Å²) < 4.78 is 1.39. The summed E-state index contributed by atoms with van der Waals surface area (Å²) in [7, 11) is 0. The first-order chi connectivity index (χ1) is 7.24. The van der Waals surface area contributed by atoms with E-state index in [-0.39, 0.29) is 17.9 Å². The second-order valence-electron chi connectivity index (χ2n) is 3.59. The van der Waals surface area contributed by atoms with Gasteiger partial charge in [-0.15, -0.1) is 0 Å². The molecule has 0 amide bonds. The van der Waals surface area contributed by atoms with Crippen LogP contribution >= 0.6 is 0 Å². The number of ketones is 1. The van der Waals surface area contributed by atoms with Crippen LogP contribution in [0.25, 0.3) is 0 Å². The number of Topliss-reactive ketones (excluding diaryl/α,β-unsaturated/α-hetero) is 1. The lowest BCUT2D eigenvalue weighted by atomic mass is 9.94. The zero-order valence-corrected chi connectivity index (χ0v) is 8.23. The molecule has 0 unspecified atom stereocenters. The molecule has 0 saturated carbocycles. The first-order valence-electron chi connectivity index (χ1n) is 4.93. The third-order valence-corrected chi connectivity index (χ3v) is 2.67. The fourth-order valence-corrected chi connectivity index (χ4v) is 1.97. The average Bonchev–Trinajstić information content (AvgIpc) is 2.23. The Morgan fingerprint density at radius 2 is 2.07 bits per heavy atom. The smallest absolute Gasteiger partial charge is 0.251 e. The molecule has 1 aliphatic carbocycles. The van der Waals surface area contributed by atoms with E-state index in [2.05, 4.69) is 0 Å². The minimum atomic E-state index is -0.212. The lowest BCUT2D eigenvalue weighted by molar-refractivity contribution is -0.108. The van der Waals surface area contributed by atoms with E-state index in [4.69, 9.17) is 0 Å². The monoisotopic (exact) mass is 205 g/mol. The van der Waals surface area contributed by atoms with Crippen molar-refractivity contribution in [2.24, 2.45) is 0 Å². The van der Waals surface area contributed by atoms with Gasteiger partial charge in [0.05, 0.1) is 6.54 Å². The molecule has 4 nitrogen and oxygen atoms in total. The summed E-state index contributed by atoms with van der Waals surface area (Å²) in [5, 5.41) is 0. The van der Waals surface area contributed by atoms with E-state index in [0.717, 1.165) is 6.42 Å². The highest BCUT2D eigenvalue weighted by Gasteiger charge is 2.20. The van der Waals surface area contributed by atoms with Gasteiger partial charge in [0.25, 0.3) is 5.56 Å². The zero-order chi connectivity index (χ0) is 10.8. The van der Waals surface area contributed by atoms with Crippen LogP contribution in [-0.2, 0) is 17.8 Å². The molecule has 0 atom stereocenters. The van der Waals surface area contributed by atoms with Crippen LogP contribution in [0.1, 0.15) is 28.9 Å². The van der Waals surface area contributed by atoms with Gasteiger partial charge in [0.2, 0.25) is 0 Å². The van der Waals surface area contributed by atoms with Crippen molar-refractivity contribution in [3.05, 3.63) is 33.7 Å². The van der Waals surface area contributed by atoms with Gasteiger partial charge in [0.15, 0.2) is 5.78 Å². The summed E-state index contributed by atoms with van der Waals surface area (Å²) in [6.07, 6.45) is 2.67. The SMILES string of the molecule is O=CCn1c2c(ccc1=O)C(=O)CCC2. The highest BCUT2D eigenvalue weighted by atomic mass is 16.1. The van der Waals surface area contributed by atoms with Gasteiger partial charge in [0, 0.05) is 23.7 Å². The Kier molecular flexibility index (Phi) is 2.49. The Balaban J connectivity index is 2.62. The molecule has 0 aliphatic heterocycles. The molecular weight excluding hydrogens is 194 g/mol. The fourth-order valence-electron chi connectivity index (χ4n) is 1.97. The minimum Gasteiger partial charge on any atom is -0.305 e. The van der Waals surface area contributed by atoms with Crippen molar-refractivity contribution in [3.63, 3.8) is 0 Å². The highest BCUT2D eigenvalue weighted by molar-refractivity contribution is 5.98. The normalized spacial score (nSPS) is 14.8. The molecule has 0 N–H and O–H groups in total. The van der Waals surface area contributed by atoms with E-state index >= 15 is 0 Å². The number of aldehydes is 1. The number of hydrogen-bond donors (Lipinski definition) is 0. The molecule has 78 valence electrons. The van der Waals surface area contributed by atoms with Crippen LogP contribution in [0, 0.1) is 0 Å². The van der Waals surface area contributed by atoms with Gasteiger partial charge in [-0.3, -0.25) is 9.59 Å². The summed E-state index contributed by atoms with van der Waals surface area (Å²) in [6, 6.07) is 2.92. The molecule has 0 fully saturated rings. The molecule has 1 aliphatic rings. The molecule has 15 heavy (non-hydrogen) atoms. The van der Waals surface area contributed by atoms with E-state index in [9.17, 15) is 14.4 Å². The Hall–Kier alpha value is -1.71. The Labute approximate surface area is 86.5 Å². The lowest BCUT2D eigenvalue weighted by Crippen LogP contribution is -2.28. The van der Waals surface area contributed by atoms with Crippen molar-refractivity contribution in [1.82, 2.24) is 4.57 Å². The first kappa shape index (κ1) is 9.83. The van der Waals surface area contributed by atoms with Crippen molar-refractivity contribution in [2.75, 3.05) is 0 Å². The number of carbonyl (C=O) groups excluding carboxylic acids is 2. The van der Waals surface area contributed by atoms with Crippen molar-refractivity contribution < 1.29 is 9.59 Å². The number of aromatic nitrogens is 1. The molecule has 4 heteroatoms. The molecule has 0 bridgehead atoms. The van der Waals surface area contributed by atoms with Gasteiger partial charge in [-0.25, -0.2) is 0 Å². The number of fused-ring (bicyclic) bond motifs is 1. The first-order valence-corrected chi connectivity index (χ1v) is 4.93. The van der Waals surface area contributed by atoms with Crippen molar-refractivity contribution >= 4 is 12.1 Å². The molecule has 2 rings (SSSR count). The second-order valence-corrected chi connectivity index (χ2v) is 3.59. The number of rotatable bonds is 2. The molecule has 0 aromatic carbocycles. The van der Waals surface area contributed by atoms with Crippen LogP contribution in [-0.4, -0.2) is 16.6 Å². The van der Waals surface area contributed by atoms with Gasteiger partial charge >= 0.3 is 0 Å². The van der Waals surface area contributed by atoms with Gasteiger partial charge in [-0.2, -0.15) is 0 Å². The van der Waals surface area contributed by atoms with Crippen molar-refractivity contribution in [3.8, 4) is 0 Å². The second kappa shape index (κ2) is 3.81. The van der Waals surface area contributed by atoms with Crippen molar-refractivity contribution in [1.29, 1.82) is 0 Å². The van der Waals surface area contributed by atoms with Crippen LogP contribution in [0.4, 0.5) is 0 Å². The van der Waals surface area contributed by atoms with Gasteiger partial charge in [-0.05, 0) is 18.9 Å². The maximum Gasteiger partial charge on any atom is 0.251 e. The quantitative estimate of drug-likeness (QED) is 0.663. The van der Waals surface area contributed by atoms with E-state index < -0.39 is 0 Å². The topological polar surface area (TPSA) is 56.1 Å². The van der Waals surface area contributed by atoms with Gasteiger partial charge < -0.3 is 9.36 Å². The Morgan fingerprint density at radius 1 is 1.27 bits per heavy atom. The van der Waals surface area contributed by atoms with Crippen LogP contribution < -0.4 is 5.56 Å². The van der Waals surface area contributed by atoms with Crippen molar-refractivity contribution in [2.45, 2.75) is 25.8 Å². The molecule has 1 heterocycles. The number of pyridine rings is 1. The summed E-state index contributed by atoms with van der Waals surface area (Å²) in [4.78, 5) is 33.5. The highest BCUT2D eigenvalue weighted by Crippen LogP contribution is 2.19. The number of hydrogen-bond acceptors (Lipinski definition) is 3. The zero-order valence-electron chi connectivity index (χ0n) is 8.23. The van der Waals surface area contributed by atoms with E-state index in [0.29, 0.717) is 30.4 Å². The summed E-state index contributed by atoms with van der Waals surface area (Å²) in [6.45, 7) is 0.0370. The lowest BCUT2D eigenvalue weighted by Gasteiger charge is -2.18. The minimum absolute atomic E-state index is 0.0370. The van der Waals surface area contributed by atoms with Gasteiger partial charge in [-0.1, -0.05) is 0 Å². The van der Waals surface area contributed by atoms with Gasteiger partial charge in [0.1, 0.15) is 6.29 Å². The summed E-state index contributed by atoms with van der Waals surface area (Å²) >= 11 is 0. The average molecular weight is 205 g/mol. The van der Waals surface area contributed by atoms with Crippen LogP contribution in [0.2, 0.25) is 0 Å². The standard InChI is InChI=1S/C11H11NO3/c13-7-6-12-9-2-1-3-10(14)8(9)4-5-11(12)15/h4-5,7H,1-3,6H2. The van der Waals surface area contributed by atoms with E-state index in [1.165, 1.54) is 10.6 Å². The largest absolute Gasteiger partial charge is 0.305 e. The van der Waals surface area contributed by atoms with E-state index in [1.807, 2.05) is 0 Å². The Bertz CT molecular complexity index is 473. The number of carbonyl (C=O) groups is 2. The maximum absolute atomic E-state index is 11.5. The van der Waals surface area contributed by atoms with Crippen LogP contribution in [0.5, 0.6) is 0 Å². The van der Waals surface area contributed by atoms with E-state index in [1.54, 1.807) is 6.07 Å². The molecule has 0 saturated heterocycles. The molecular formula is C11H11NO3.